The lowest BCUT2D eigenvalue weighted by atomic mass is 9.96. The number of nitrogens with zero attached hydrogens (tertiary/aromatic N) is 3. The van der Waals surface area contributed by atoms with Gasteiger partial charge in [0.05, 0.1) is 29.8 Å². The third kappa shape index (κ3) is 4.69. The van der Waals surface area contributed by atoms with Gasteiger partial charge in [0.15, 0.2) is 0 Å². The van der Waals surface area contributed by atoms with Gasteiger partial charge in [0.25, 0.3) is 5.91 Å². The number of pyridine rings is 2. The molecular weight excluding hydrogens is 460 g/mol. The lowest BCUT2D eigenvalue weighted by Crippen LogP contribution is -2.44. The Bertz CT molecular complexity index is 1130. The van der Waals surface area contributed by atoms with Crippen LogP contribution in [-0.4, -0.2) is 46.9 Å². The standard InChI is InChI=1S/C23H23BrN4O3/c1-14-19(10-15-5-7-18(31-2)11-20(15)26-14)23(30)28-9-3-4-16(13-28)22(29)27-21-8-6-17(24)12-25-21/h5-8,10-12,16H,3-4,9,13H2,1-2H3,(H,25,27,29). The third-order valence-corrected chi connectivity index (χ3v) is 5.97. The Morgan fingerprint density at radius 2 is 2.06 bits per heavy atom. The molecule has 8 heteroatoms. The van der Waals surface area contributed by atoms with Crippen molar-refractivity contribution in [1.82, 2.24) is 14.9 Å². The van der Waals surface area contributed by atoms with Crippen LogP contribution in [-0.2, 0) is 4.79 Å². The van der Waals surface area contributed by atoms with Crippen molar-refractivity contribution in [2.24, 2.45) is 5.92 Å². The lowest BCUT2D eigenvalue weighted by Gasteiger charge is -2.32. The number of carbonyl (C=O) groups is 2. The summed E-state index contributed by atoms with van der Waals surface area (Å²) in [5, 5.41) is 3.73. The molecule has 1 aliphatic heterocycles. The fourth-order valence-electron chi connectivity index (χ4n) is 3.81. The van der Waals surface area contributed by atoms with E-state index in [0.717, 1.165) is 34.0 Å². The summed E-state index contributed by atoms with van der Waals surface area (Å²) in [5.74, 6) is 0.737. The molecule has 1 fully saturated rings. The number of benzene rings is 1. The molecule has 1 atom stereocenters. The van der Waals surface area contributed by atoms with E-state index < -0.39 is 0 Å². The largest absolute Gasteiger partial charge is 0.497 e. The molecule has 0 saturated carbocycles. The van der Waals surface area contributed by atoms with Crippen molar-refractivity contribution in [3.63, 3.8) is 0 Å². The highest BCUT2D eigenvalue weighted by Crippen LogP contribution is 2.25. The molecule has 2 amide bonds. The van der Waals surface area contributed by atoms with Crippen molar-refractivity contribution in [2.45, 2.75) is 19.8 Å². The summed E-state index contributed by atoms with van der Waals surface area (Å²) < 4.78 is 6.10. The number of rotatable bonds is 4. The highest BCUT2D eigenvalue weighted by molar-refractivity contribution is 9.10. The highest BCUT2D eigenvalue weighted by Gasteiger charge is 2.30. The van der Waals surface area contributed by atoms with Gasteiger partial charge in [0, 0.05) is 35.2 Å². The van der Waals surface area contributed by atoms with E-state index >= 15 is 0 Å². The molecular formula is C23H23BrN4O3. The van der Waals surface area contributed by atoms with Crippen LogP contribution in [0.25, 0.3) is 10.9 Å². The maximum atomic E-state index is 13.3. The van der Waals surface area contributed by atoms with E-state index in [2.05, 4.69) is 31.2 Å². The van der Waals surface area contributed by atoms with E-state index in [4.69, 9.17) is 4.74 Å². The average molecular weight is 483 g/mol. The zero-order valence-corrected chi connectivity index (χ0v) is 19.0. The van der Waals surface area contributed by atoms with Crippen LogP contribution in [0.3, 0.4) is 0 Å². The van der Waals surface area contributed by atoms with Gasteiger partial charge < -0.3 is 15.0 Å². The first kappa shape index (κ1) is 21.2. The van der Waals surface area contributed by atoms with E-state index in [-0.39, 0.29) is 17.7 Å². The molecule has 1 aromatic carbocycles. The number of aromatic nitrogens is 2. The number of amides is 2. The zero-order valence-electron chi connectivity index (χ0n) is 17.4. The molecule has 2 aromatic heterocycles. The van der Waals surface area contributed by atoms with Gasteiger partial charge in [-0.3, -0.25) is 14.6 Å². The van der Waals surface area contributed by atoms with E-state index in [9.17, 15) is 9.59 Å². The summed E-state index contributed by atoms with van der Waals surface area (Å²) in [6, 6.07) is 11.0. The summed E-state index contributed by atoms with van der Waals surface area (Å²) in [6.45, 7) is 2.83. The predicted octanol–water partition coefficient (Wildman–Crippen LogP) is 4.20. The first-order valence-corrected chi connectivity index (χ1v) is 10.9. The molecule has 3 heterocycles. The molecule has 1 aliphatic rings. The maximum absolute atomic E-state index is 13.3. The zero-order chi connectivity index (χ0) is 22.0. The van der Waals surface area contributed by atoms with Crippen LogP contribution in [0.5, 0.6) is 5.75 Å². The number of hydrogen-bond donors (Lipinski definition) is 1. The molecule has 0 bridgehead atoms. The number of fused-ring (bicyclic) bond motifs is 1. The lowest BCUT2D eigenvalue weighted by molar-refractivity contribution is -0.121. The highest BCUT2D eigenvalue weighted by atomic mass is 79.9. The fraction of sp³-hybridized carbons (Fsp3) is 0.304. The second kappa shape index (κ2) is 9.01. The first-order valence-electron chi connectivity index (χ1n) is 10.1. The van der Waals surface area contributed by atoms with Crippen molar-refractivity contribution in [1.29, 1.82) is 0 Å². The summed E-state index contributed by atoms with van der Waals surface area (Å²) in [7, 11) is 1.61. The number of hydrogen-bond acceptors (Lipinski definition) is 5. The van der Waals surface area contributed by atoms with Crippen LogP contribution < -0.4 is 10.1 Å². The Labute approximate surface area is 189 Å². The van der Waals surface area contributed by atoms with Gasteiger partial charge >= 0.3 is 0 Å². The molecule has 4 rings (SSSR count). The van der Waals surface area contributed by atoms with E-state index in [1.807, 2.05) is 37.3 Å². The van der Waals surface area contributed by atoms with Gasteiger partial charge in [-0.15, -0.1) is 0 Å². The van der Waals surface area contributed by atoms with Gasteiger partial charge in [-0.1, -0.05) is 0 Å². The van der Waals surface area contributed by atoms with Crippen molar-refractivity contribution >= 4 is 44.5 Å². The summed E-state index contributed by atoms with van der Waals surface area (Å²) in [5.41, 5.74) is 2.01. The SMILES string of the molecule is COc1ccc2cc(C(=O)N3CCCC(C(=O)Nc4ccc(Br)cn4)C3)c(C)nc2c1. The van der Waals surface area contributed by atoms with Crippen LogP contribution in [0.1, 0.15) is 28.9 Å². The normalized spacial score (nSPS) is 16.2. The molecule has 0 aliphatic carbocycles. The molecule has 1 saturated heterocycles. The summed E-state index contributed by atoms with van der Waals surface area (Å²) in [6.07, 6.45) is 3.15. The predicted molar refractivity (Wildman–Crippen MR) is 122 cm³/mol. The number of piperidine rings is 1. The van der Waals surface area contributed by atoms with Gasteiger partial charge in [-0.25, -0.2) is 4.98 Å². The third-order valence-electron chi connectivity index (χ3n) is 5.50. The van der Waals surface area contributed by atoms with Crippen LogP contribution >= 0.6 is 15.9 Å². The Morgan fingerprint density at radius 1 is 1.23 bits per heavy atom. The first-order chi connectivity index (χ1) is 14.9. The number of likely N-dealkylation sites (tertiary alicyclic amines) is 1. The quantitative estimate of drug-likeness (QED) is 0.602. The number of anilines is 1. The number of aryl methyl sites for hydroxylation is 1. The molecule has 0 spiro atoms. The van der Waals surface area contributed by atoms with E-state index in [1.54, 1.807) is 24.3 Å². The van der Waals surface area contributed by atoms with Crippen molar-refractivity contribution in [3.8, 4) is 5.75 Å². The van der Waals surface area contributed by atoms with Crippen molar-refractivity contribution in [3.05, 3.63) is 58.3 Å². The molecule has 1 unspecified atom stereocenters. The van der Waals surface area contributed by atoms with Crippen molar-refractivity contribution < 1.29 is 14.3 Å². The number of methoxy groups -OCH3 is 1. The van der Waals surface area contributed by atoms with Gasteiger partial charge in [-0.2, -0.15) is 0 Å². The Kier molecular flexibility index (Phi) is 6.18. The number of nitrogens with one attached hydrogen (secondary N) is 1. The number of halogens is 1. The minimum Gasteiger partial charge on any atom is -0.497 e. The monoisotopic (exact) mass is 482 g/mol. The summed E-state index contributed by atoms with van der Waals surface area (Å²) in [4.78, 5) is 36.5. The van der Waals surface area contributed by atoms with Crippen LogP contribution in [0, 0.1) is 12.8 Å². The molecule has 1 N–H and O–H groups in total. The smallest absolute Gasteiger partial charge is 0.255 e. The molecule has 0 radical (unpaired) electrons. The van der Waals surface area contributed by atoms with Gasteiger partial charge in [0.2, 0.25) is 5.91 Å². The molecule has 7 nitrogen and oxygen atoms in total. The second-order valence-electron chi connectivity index (χ2n) is 7.62. The summed E-state index contributed by atoms with van der Waals surface area (Å²) >= 11 is 3.33. The average Bonchev–Trinajstić information content (AvgIpc) is 2.79. The Balaban J connectivity index is 1.50. The Hall–Kier alpha value is -3.00. The minimum absolute atomic E-state index is 0.0954. The van der Waals surface area contributed by atoms with Crippen LogP contribution in [0.2, 0.25) is 0 Å². The second-order valence-corrected chi connectivity index (χ2v) is 8.54. The van der Waals surface area contributed by atoms with E-state index in [1.165, 1.54) is 0 Å². The van der Waals surface area contributed by atoms with Crippen LogP contribution in [0.15, 0.2) is 47.1 Å². The van der Waals surface area contributed by atoms with Crippen molar-refractivity contribution in [2.75, 3.05) is 25.5 Å². The topological polar surface area (TPSA) is 84.4 Å². The van der Waals surface area contributed by atoms with Crippen LogP contribution in [0.4, 0.5) is 5.82 Å². The molecule has 160 valence electrons. The molecule has 31 heavy (non-hydrogen) atoms. The molecule has 3 aromatic rings. The van der Waals surface area contributed by atoms with E-state index in [0.29, 0.717) is 30.2 Å². The van der Waals surface area contributed by atoms with Gasteiger partial charge in [0.1, 0.15) is 11.6 Å². The number of carbonyl (C=O) groups excluding carboxylic acids is 2. The fourth-order valence-corrected chi connectivity index (χ4v) is 4.05. The van der Waals surface area contributed by atoms with Gasteiger partial charge in [-0.05, 0) is 66.0 Å². The maximum Gasteiger partial charge on any atom is 0.255 e. The Morgan fingerprint density at radius 3 is 2.81 bits per heavy atom. The number of ether oxygens (including phenoxy) is 1. The minimum atomic E-state index is -0.277.